The first-order valence-electron chi connectivity index (χ1n) is 15.0. The quantitative estimate of drug-likeness (QED) is 0.173. The number of amides is 2. The molecular weight excluding hydrogens is 568 g/mol. The van der Waals surface area contributed by atoms with Crippen LogP contribution in [0, 0.1) is 0 Å². The third kappa shape index (κ3) is 11.5. The van der Waals surface area contributed by atoms with Gasteiger partial charge in [-0.25, -0.2) is 9.59 Å². The summed E-state index contributed by atoms with van der Waals surface area (Å²) < 4.78 is 17.0. The summed E-state index contributed by atoms with van der Waals surface area (Å²) in [5.74, 6) is -0.234. The number of benzene rings is 4. The number of hydrogen-bond acceptors (Lipinski definition) is 6. The van der Waals surface area contributed by atoms with Crippen LogP contribution < -0.4 is 15.4 Å². The van der Waals surface area contributed by atoms with E-state index in [1.165, 1.54) is 0 Å². The molecule has 0 aliphatic rings. The topological polar surface area (TPSA) is 103 Å². The van der Waals surface area contributed by atoms with E-state index in [9.17, 15) is 14.4 Å². The van der Waals surface area contributed by atoms with Crippen molar-refractivity contribution in [2.24, 2.45) is 0 Å². The van der Waals surface area contributed by atoms with Gasteiger partial charge < -0.3 is 24.8 Å². The molecule has 0 aliphatic carbocycles. The number of ether oxygens (including phenoxy) is 3. The molecule has 0 saturated carbocycles. The molecule has 8 nitrogen and oxygen atoms in total. The zero-order valence-electron chi connectivity index (χ0n) is 25.9. The van der Waals surface area contributed by atoms with Crippen molar-refractivity contribution in [3.05, 3.63) is 138 Å². The van der Waals surface area contributed by atoms with Gasteiger partial charge in [-0.15, -0.1) is 0 Å². The first kappa shape index (κ1) is 32.8. The Kier molecular flexibility index (Phi) is 11.7. The van der Waals surface area contributed by atoms with Crippen molar-refractivity contribution in [1.29, 1.82) is 0 Å². The smallest absolute Gasteiger partial charge is 0.408 e. The van der Waals surface area contributed by atoms with E-state index >= 15 is 0 Å². The summed E-state index contributed by atoms with van der Waals surface area (Å²) >= 11 is 0. The Bertz CT molecular complexity index is 1500. The van der Waals surface area contributed by atoms with E-state index in [1.54, 1.807) is 45.0 Å². The van der Waals surface area contributed by atoms with Gasteiger partial charge in [0.2, 0.25) is 0 Å². The lowest BCUT2D eigenvalue weighted by molar-refractivity contribution is -0.146. The standard InChI is InChI=1S/C37H40N2O6/c1-37(2,3)45-36(42)39-33(24-28-19-21-32(22-20-28)43-25-29-15-9-5-10-16-29)35(41)44-26-31(23-27-13-7-4-8-14-27)38-34(40)30-17-11-6-12-18-30/h4-22,31,33H,23-26H2,1-3H3,(H,38,40)(H,39,42)/t31-,33+/m0/s1. The summed E-state index contributed by atoms with van der Waals surface area (Å²) in [6, 6.07) is 34.1. The number of hydrogen-bond donors (Lipinski definition) is 2. The molecule has 0 heterocycles. The highest BCUT2D eigenvalue weighted by Crippen LogP contribution is 2.17. The van der Waals surface area contributed by atoms with Gasteiger partial charge in [0, 0.05) is 12.0 Å². The van der Waals surface area contributed by atoms with Gasteiger partial charge in [-0.2, -0.15) is 0 Å². The zero-order chi connectivity index (χ0) is 32.1. The maximum atomic E-state index is 13.5. The summed E-state index contributed by atoms with van der Waals surface area (Å²) in [6.45, 7) is 5.58. The second kappa shape index (κ2) is 16.1. The molecule has 2 amide bonds. The number of carbonyl (C=O) groups excluding carboxylic acids is 3. The van der Waals surface area contributed by atoms with Crippen molar-refractivity contribution in [3.63, 3.8) is 0 Å². The molecule has 0 radical (unpaired) electrons. The molecule has 4 aromatic rings. The Labute approximate surface area is 264 Å². The highest BCUT2D eigenvalue weighted by atomic mass is 16.6. The molecule has 45 heavy (non-hydrogen) atoms. The molecule has 0 spiro atoms. The van der Waals surface area contributed by atoms with Crippen molar-refractivity contribution >= 4 is 18.0 Å². The molecule has 0 unspecified atom stereocenters. The van der Waals surface area contributed by atoms with E-state index < -0.39 is 29.7 Å². The SMILES string of the molecule is CC(C)(C)OC(=O)N[C@H](Cc1ccc(OCc2ccccc2)cc1)C(=O)OC[C@H](Cc1ccccc1)NC(=O)c1ccccc1. The van der Waals surface area contributed by atoms with E-state index in [0.29, 0.717) is 24.3 Å². The summed E-state index contributed by atoms with van der Waals surface area (Å²) in [5.41, 5.74) is 2.57. The largest absolute Gasteiger partial charge is 0.489 e. The molecule has 2 atom stereocenters. The highest BCUT2D eigenvalue weighted by molar-refractivity contribution is 5.94. The molecule has 0 aliphatic heterocycles. The highest BCUT2D eigenvalue weighted by Gasteiger charge is 2.27. The van der Waals surface area contributed by atoms with Crippen LogP contribution in [0.4, 0.5) is 4.79 Å². The molecule has 0 fully saturated rings. The number of carbonyl (C=O) groups is 3. The summed E-state index contributed by atoms with van der Waals surface area (Å²) in [4.78, 5) is 39.1. The van der Waals surface area contributed by atoms with Gasteiger partial charge in [-0.1, -0.05) is 91.0 Å². The van der Waals surface area contributed by atoms with Crippen molar-refractivity contribution in [2.75, 3.05) is 6.61 Å². The molecular formula is C37H40N2O6. The molecule has 8 heteroatoms. The van der Waals surface area contributed by atoms with Crippen LogP contribution in [0.5, 0.6) is 5.75 Å². The Hall–Kier alpha value is -5.11. The van der Waals surface area contributed by atoms with Gasteiger partial charge in [0.1, 0.15) is 30.6 Å². The van der Waals surface area contributed by atoms with E-state index in [4.69, 9.17) is 14.2 Å². The molecule has 4 rings (SSSR count). The monoisotopic (exact) mass is 608 g/mol. The van der Waals surface area contributed by atoms with Crippen molar-refractivity contribution in [3.8, 4) is 5.75 Å². The zero-order valence-corrected chi connectivity index (χ0v) is 25.9. The predicted octanol–water partition coefficient (Wildman–Crippen LogP) is 6.29. The second-order valence-corrected chi connectivity index (χ2v) is 11.7. The predicted molar refractivity (Wildman–Crippen MR) is 173 cm³/mol. The fourth-order valence-corrected chi connectivity index (χ4v) is 4.53. The fourth-order valence-electron chi connectivity index (χ4n) is 4.53. The van der Waals surface area contributed by atoms with Gasteiger partial charge in [-0.05, 0) is 68.1 Å². The lowest BCUT2D eigenvalue weighted by Crippen LogP contribution is -2.47. The summed E-state index contributed by atoms with van der Waals surface area (Å²) in [6.07, 6.45) is -0.122. The van der Waals surface area contributed by atoms with Crippen LogP contribution in [0.3, 0.4) is 0 Å². The fraction of sp³-hybridized carbons (Fsp3) is 0.270. The minimum Gasteiger partial charge on any atom is -0.489 e. The van der Waals surface area contributed by atoms with Gasteiger partial charge >= 0.3 is 12.1 Å². The molecule has 2 N–H and O–H groups in total. The first-order chi connectivity index (χ1) is 21.6. The lowest BCUT2D eigenvalue weighted by atomic mass is 10.0. The third-order valence-corrected chi connectivity index (χ3v) is 6.71. The lowest BCUT2D eigenvalue weighted by Gasteiger charge is -2.24. The number of nitrogens with one attached hydrogen (secondary N) is 2. The number of rotatable bonds is 13. The average Bonchev–Trinajstić information content (AvgIpc) is 3.03. The molecule has 234 valence electrons. The van der Waals surface area contributed by atoms with Gasteiger partial charge in [0.15, 0.2) is 0 Å². The van der Waals surface area contributed by atoms with Crippen LogP contribution in [-0.4, -0.2) is 42.3 Å². The Morgan fingerprint density at radius 2 is 1.22 bits per heavy atom. The van der Waals surface area contributed by atoms with Crippen LogP contribution in [0.25, 0.3) is 0 Å². The molecule has 4 aromatic carbocycles. The van der Waals surface area contributed by atoms with E-state index in [-0.39, 0.29) is 18.9 Å². The Balaban J connectivity index is 1.44. The maximum Gasteiger partial charge on any atom is 0.408 e. The van der Waals surface area contributed by atoms with E-state index in [2.05, 4.69) is 10.6 Å². The number of alkyl carbamates (subject to hydrolysis) is 1. The average molecular weight is 609 g/mol. The van der Waals surface area contributed by atoms with Gasteiger partial charge in [-0.3, -0.25) is 4.79 Å². The Morgan fingerprint density at radius 3 is 1.82 bits per heavy atom. The molecule has 0 saturated heterocycles. The molecule has 0 aromatic heterocycles. The minimum absolute atomic E-state index is 0.0922. The first-order valence-corrected chi connectivity index (χ1v) is 15.0. The van der Waals surface area contributed by atoms with Gasteiger partial charge in [0.25, 0.3) is 5.91 Å². The van der Waals surface area contributed by atoms with Crippen molar-refractivity contribution in [1.82, 2.24) is 10.6 Å². The van der Waals surface area contributed by atoms with Crippen LogP contribution in [0.2, 0.25) is 0 Å². The van der Waals surface area contributed by atoms with Crippen LogP contribution in [-0.2, 0) is 33.7 Å². The van der Waals surface area contributed by atoms with E-state index in [1.807, 2.05) is 91.0 Å². The van der Waals surface area contributed by atoms with Crippen LogP contribution >= 0.6 is 0 Å². The van der Waals surface area contributed by atoms with E-state index in [0.717, 1.165) is 16.7 Å². The summed E-state index contributed by atoms with van der Waals surface area (Å²) in [7, 11) is 0. The minimum atomic E-state index is -1.03. The van der Waals surface area contributed by atoms with Crippen molar-refractivity contribution < 1.29 is 28.6 Å². The Morgan fingerprint density at radius 1 is 0.667 bits per heavy atom. The normalized spacial score (nSPS) is 12.3. The third-order valence-electron chi connectivity index (χ3n) is 6.71. The maximum absolute atomic E-state index is 13.5. The number of esters is 1. The molecule has 0 bridgehead atoms. The van der Waals surface area contributed by atoms with Gasteiger partial charge in [0.05, 0.1) is 6.04 Å². The van der Waals surface area contributed by atoms with Crippen LogP contribution in [0.15, 0.2) is 115 Å². The van der Waals surface area contributed by atoms with Crippen molar-refractivity contribution in [2.45, 2.75) is 57.9 Å². The summed E-state index contributed by atoms with van der Waals surface area (Å²) in [5, 5.41) is 5.65. The van der Waals surface area contributed by atoms with Crippen LogP contribution in [0.1, 0.15) is 47.8 Å². The second-order valence-electron chi connectivity index (χ2n) is 11.7.